The van der Waals surface area contributed by atoms with Crippen LogP contribution in [-0.2, 0) is 19.4 Å². The van der Waals surface area contributed by atoms with Crippen LogP contribution in [0.3, 0.4) is 0 Å². The summed E-state index contributed by atoms with van der Waals surface area (Å²) >= 11 is 5.84. The first-order valence-electron chi connectivity index (χ1n) is 8.71. The minimum absolute atomic E-state index is 0. The SMILES string of the molecule is ClCCn1cc(-c2nc3ccc4[nH]ncc4c3c3c2CCCC3)cn1.S.[HH].[HH].[HH].[HH].[HH].[HH].[HH].[HH].[HH].[HH].[HH].[HH].[HH].[HH].[HH].[HH].[HH].[HH].[HH].[HH].[HH].[HH].[HH].[HH].[HH].[HH].[HH].[HH].[HH].[HH].[HH].[HH].[HH].[HH].[HH].[HH].[HH].[HH].[HH].[HH].[HH].[HH].[HH].[HH].[HH].[HH].[HH].[HH].[HH].[HH].[HH].[HH].[HH].[HH].[HH].[HH].[HH].[HH].[HH].[HH]. The highest BCUT2D eigenvalue weighted by Crippen LogP contribution is 2.37. The van der Waals surface area contributed by atoms with E-state index in [4.69, 9.17) is 16.6 Å². The van der Waals surface area contributed by atoms with Gasteiger partial charge in [0.1, 0.15) is 0 Å². The second-order valence-corrected chi connectivity index (χ2v) is 6.97. The molecule has 4 aromatic rings. The molecule has 5 rings (SSSR count). The predicted molar refractivity (Wildman–Crippen MR) is 237 cm³/mol. The molecule has 1 aliphatic rings. The minimum Gasteiger partial charge on any atom is -0.278 e. The number of pyridine rings is 1. The molecule has 26 heavy (non-hydrogen) atoms. The quantitative estimate of drug-likeness (QED) is 0.281. The van der Waals surface area contributed by atoms with E-state index in [0.29, 0.717) is 12.4 Å². The number of aryl methyl sites for hydroxylation is 2. The van der Waals surface area contributed by atoms with E-state index in [2.05, 4.69) is 33.6 Å². The first kappa shape index (κ1) is 17.4. The molecule has 5 nitrogen and oxygen atoms in total. The van der Waals surface area contributed by atoms with Gasteiger partial charge in [-0.3, -0.25) is 9.78 Å². The van der Waals surface area contributed by atoms with Gasteiger partial charge in [0, 0.05) is 114 Å². The zero-order valence-corrected chi connectivity index (χ0v) is 16.1. The molecule has 0 atom stereocenters. The molecule has 0 amide bonds. The molecule has 7 heteroatoms. The van der Waals surface area contributed by atoms with Crippen LogP contribution in [0.2, 0.25) is 0 Å². The van der Waals surface area contributed by atoms with Gasteiger partial charge in [0.05, 0.1) is 35.7 Å². The number of alkyl halides is 1. The Balaban J connectivity index is -0.00000000251. The zero-order chi connectivity index (χ0) is 16.8. The molecule has 0 unspecified atom stereocenters. The third-order valence-corrected chi connectivity index (χ3v) is 5.28. The number of benzene rings is 1. The van der Waals surface area contributed by atoms with Crippen LogP contribution in [-0.4, -0.2) is 30.8 Å². The second-order valence-electron chi connectivity index (χ2n) is 6.60. The normalized spacial score (nSPS) is 13.7. The van der Waals surface area contributed by atoms with Gasteiger partial charge in [0.25, 0.3) is 0 Å². The van der Waals surface area contributed by atoms with Crippen molar-refractivity contribution in [1.82, 2.24) is 25.0 Å². The van der Waals surface area contributed by atoms with Crippen LogP contribution in [0.25, 0.3) is 33.1 Å². The van der Waals surface area contributed by atoms with Gasteiger partial charge in [-0.2, -0.15) is 23.7 Å². The lowest BCUT2D eigenvalue weighted by atomic mass is 9.86. The van der Waals surface area contributed by atoms with Gasteiger partial charge in [-0.25, -0.2) is 4.98 Å². The van der Waals surface area contributed by atoms with Crippen LogP contribution in [0.1, 0.15) is 110 Å². The summed E-state index contributed by atoms with van der Waals surface area (Å²) in [6.07, 6.45) is 10.5. The van der Waals surface area contributed by atoms with Gasteiger partial charge in [-0.05, 0) is 48.9 Å². The Morgan fingerprint density at radius 2 is 2.00 bits per heavy atom. The average molecular weight is 507 g/mol. The molecule has 1 aliphatic carbocycles. The summed E-state index contributed by atoms with van der Waals surface area (Å²) in [7, 11) is 0. The lowest BCUT2D eigenvalue weighted by Gasteiger charge is -2.21. The van der Waals surface area contributed by atoms with Gasteiger partial charge >= 0.3 is 0 Å². The van der Waals surface area contributed by atoms with Gasteiger partial charge in [-0.15, -0.1) is 11.6 Å². The second kappa shape index (κ2) is 6.93. The molecule has 0 fully saturated rings. The summed E-state index contributed by atoms with van der Waals surface area (Å²) in [5.41, 5.74) is 7.07. The standard InChI is InChI=1S/C19H18ClN5.H2S.60H2/c20-7-8-25-11-12(9-22-25)19-14-4-2-1-3-13(14)18-15-10-21-24-16(15)5-6-17(18)23-19;;;;;;;;;;;;;;;;;;;;;;;;;;;;;;;;;;;;;;;;;;;;;;;;;;;;;;;;;;;;;/h5-6,9-11H,1-4,7-8H2,(H,21,24);1H2;60*1H. The maximum absolute atomic E-state index is 5.84. The summed E-state index contributed by atoms with van der Waals surface area (Å²) in [6.45, 7) is 0.715. The van der Waals surface area contributed by atoms with Gasteiger partial charge < -0.3 is 0 Å². The number of aromatic nitrogens is 5. The van der Waals surface area contributed by atoms with Gasteiger partial charge in [0.15, 0.2) is 0 Å². The molecule has 0 spiro atoms. The van der Waals surface area contributed by atoms with Crippen molar-refractivity contribution in [3.63, 3.8) is 0 Å². The summed E-state index contributed by atoms with van der Waals surface area (Å²) < 4.78 is 1.89. The molecule has 0 bridgehead atoms. The lowest BCUT2D eigenvalue weighted by Crippen LogP contribution is -2.07. The van der Waals surface area contributed by atoms with Crippen molar-refractivity contribution in [2.24, 2.45) is 0 Å². The van der Waals surface area contributed by atoms with E-state index in [1.807, 2.05) is 17.1 Å². The number of aromatic amines is 1. The van der Waals surface area contributed by atoms with Crippen molar-refractivity contribution >= 4 is 46.9 Å². The summed E-state index contributed by atoms with van der Waals surface area (Å²) in [4.78, 5) is 5.03. The first-order chi connectivity index (χ1) is 12.3. The van der Waals surface area contributed by atoms with Crippen LogP contribution >= 0.6 is 25.1 Å². The van der Waals surface area contributed by atoms with Crippen LogP contribution in [0.15, 0.2) is 30.7 Å². The van der Waals surface area contributed by atoms with Crippen LogP contribution in [0, 0.1) is 0 Å². The van der Waals surface area contributed by atoms with E-state index in [-0.39, 0.29) is 99.1 Å². The summed E-state index contributed by atoms with van der Waals surface area (Å²) in [5.74, 6) is 0.558. The summed E-state index contributed by atoms with van der Waals surface area (Å²) in [5, 5.41) is 14.2. The number of nitrogens with one attached hydrogen (secondary N) is 1. The first-order valence-corrected chi connectivity index (χ1v) is 9.25. The molecule has 1 aromatic carbocycles. The van der Waals surface area contributed by atoms with E-state index in [1.165, 1.54) is 34.7 Å². The highest BCUT2D eigenvalue weighted by atomic mass is 35.5. The Kier molecular flexibility index (Phi) is 4.63. The molecule has 3 aromatic heterocycles. The number of nitrogens with zero attached hydrogens (tertiary/aromatic N) is 4. The van der Waals surface area contributed by atoms with Crippen molar-refractivity contribution in [2.45, 2.75) is 32.2 Å². The third kappa shape index (κ3) is 2.68. The fraction of sp³-hybridized carbons (Fsp3) is 0.316. The molecule has 1 N–H and O–H groups in total. The van der Waals surface area contributed by atoms with Crippen molar-refractivity contribution in [1.29, 1.82) is 0 Å². The van der Waals surface area contributed by atoms with Gasteiger partial charge in [-0.1, -0.05) is 0 Å². The van der Waals surface area contributed by atoms with E-state index < -0.39 is 0 Å². The third-order valence-electron chi connectivity index (χ3n) is 5.11. The number of H-pyrrole nitrogens is 1. The zero-order valence-electron chi connectivity index (χ0n) is 14.3. The predicted octanol–water partition coefficient (Wildman–Crippen LogP) is 19.0. The average Bonchev–Trinajstić information content (AvgIpc) is 3.30. The number of halogens is 1. The smallest absolute Gasteiger partial charge is 0.0775 e. The fourth-order valence-corrected chi connectivity index (χ4v) is 4.15. The largest absolute Gasteiger partial charge is 0.278 e. The Morgan fingerprint density at radius 3 is 2.85 bits per heavy atom. The minimum atomic E-state index is 0. The van der Waals surface area contributed by atoms with E-state index in [0.717, 1.165) is 35.1 Å². The van der Waals surface area contributed by atoms with Gasteiger partial charge in [0.2, 0.25) is 0 Å². The Bertz CT molecular complexity index is 1160. The monoisotopic (exact) mass is 506 g/mol. The maximum atomic E-state index is 5.84. The van der Waals surface area contributed by atoms with Crippen molar-refractivity contribution < 1.29 is 85.6 Å². The van der Waals surface area contributed by atoms with Crippen molar-refractivity contribution in [3.8, 4) is 11.3 Å². The summed E-state index contributed by atoms with van der Waals surface area (Å²) in [6, 6.07) is 4.16. The van der Waals surface area contributed by atoms with E-state index >= 15 is 0 Å². The number of hydrogen-bond donors (Lipinski definition) is 1. The van der Waals surface area contributed by atoms with Crippen LogP contribution in [0.5, 0.6) is 0 Å². The number of hydrogen-bond acceptors (Lipinski definition) is 3. The fourth-order valence-electron chi connectivity index (χ4n) is 3.98. The topological polar surface area (TPSA) is 59.4 Å². The Morgan fingerprint density at radius 1 is 1.15 bits per heavy atom. The van der Waals surface area contributed by atoms with E-state index in [1.54, 1.807) is 0 Å². The molecule has 0 aliphatic heterocycles. The molecule has 0 radical (unpaired) electrons. The van der Waals surface area contributed by atoms with Crippen molar-refractivity contribution in [2.75, 3.05) is 5.88 Å². The molecule has 0 saturated heterocycles. The van der Waals surface area contributed by atoms with Crippen LogP contribution in [0.4, 0.5) is 0 Å². The molecular formula is C19H140ClN5S. The highest BCUT2D eigenvalue weighted by Gasteiger charge is 2.21. The molecular weight excluding hydrogens is 366 g/mol. The highest BCUT2D eigenvalue weighted by molar-refractivity contribution is 7.59. The molecule has 3 heterocycles. The lowest BCUT2D eigenvalue weighted by molar-refractivity contribution is 0.664. The van der Waals surface area contributed by atoms with Crippen LogP contribution < -0.4 is 0 Å². The number of fused-ring (bicyclic) bond motifs is 5. The Labute approximate surface area is 252 Å². The molecule has 254 valence electrons. The number of rotatable bonds is 3. The van der Waals surface area contributed by atoms with Crippen molar-refractivity contribution in [3.05, 3.63) is 41.9 Å². The Hall–Kier alpha value is -2.05. The maximum Gasteiger partial charge on any atom is 0.0775 e. The molecule has 0 saturated carbocycles. The van der Waals surface area contributed by atoms with E-state index in [9.17, 15) is 0 Å².